The van der Waals surface area contributed by atoms with Crippen molar-refractivity contribution >= 4 is 38.5 Å². The van der Waals surface area contributed by atoms with Gasteiger partial charge in [0.1, 0.15) is 0 Å². The molecule has 1 aromatic heterocycles. The Balaban J connectivity index is 1.20. The van der Waals surface area contributed by atoms with Crippen molar-refractivity contribution in [3.05, 3.63) is 145 Å². The first-order valence-electron chi connectivity index (χ1n) is 15.1. The highest BCUT2D eigenvalue weighted by Crippen LogP contribution is 2.50. The molecule has 204 valence electrons. The van der Waals surface area contributed by atoms with Crippen LogP contribution in [0, 0.1) is 0 Å². The Kier molecular flexibility index (Phi) is 5.20. The van der Waals surface area contributed by atoms with Crippen molar-refractivity contribution in [3.8, 4) is 39.1 Å². The van der Waals surface area contributed by atoms with Gasteiger partial charge in [-0.1, -0.05) is 109 Å². The fourth-order valence-corrected chi connectivity index (χ4v) is 7.59. The van der Waals surface area contributed by atoms with Gasteiger partial charge in [-0.05, 0) is 92.2 Å². The van der Waals surface area contributed by atoms with Crippen LogP contribution in [0.3, 0.4) is 0 Å². The van der Waals surface area contributed by atoms with Gasteiger partial charge in [-0.15, -0.1) is 0 Å². The topological polar surface area (TPSA) is 30.9 Å². The van der Waals surface area contributed by atoms with Gasteiger partial charge in [0.05, 0.1) is 5.52 Å². The number of nitrogens with two attached hydrogens (primary N) is 1. The normalized spacial score (nSPS) is 16.9. The Morgan fingerprint density at radius 3 is 2.09 bits per heavy atom. The van der Waals surface area contributed by atoms with Gasteiger partial charge in [0, 0.05) is 34.3 Å². The number of para-hydroxylation sites is 1. The lowest BCUT2D eigenvalue weighted by Crippen LogP contribution is -2.29. The van der Waals surface area contributed by atoms with Gasteiger partial charge in [-0.2, -0.15) is 0 Å². The van der Waals surface area contributed by atoms with E-state index in [1.165, 1.54) is 77.1 Å². The van der Waals surface area contributed by atoms with E-state index in [1.807, 2.05) is 0 Å². The van der Waals surface area contributed by atoms with Crippen LogP contribution in [0.4, 0.5) is 0 Å². The van der Waals surface area contributed by atoms with Crippen LogP contribution in [0.2, 0.25) is 0 Å². The molecule has 0 amide bonds. The van der Waals surface area contributed by atoms with E-state index in [4.69, 9.17) is 5.73 Å². The number of aromatic nitrogens is 1. The van der Waals surface area contributed by atoms with Gasteiger partial charge in [0.15, 0.2) is 0 Å². The zero-order valence-corrected chi connectivity index (χ0v) is 24.0. The number of hydrogen-bond donors (Lipinski definition) is 1. The highest BCUT2D eigenvalue weighted by molar-refractivity contribution is 6.20. The van der Waals surface area contributed by atoms with Gasteiger partial charge in [-0.3, -0.25) is 0 Å². The molecule has 43 heavy (non-hydrogen) atoms. The third-order valence-corrected chi connectivity index (χ3v) is 9.51. The van der Waals surface area contributed by atoms with Gasteiger partial charge in [0.2, 0.25) is 0 Å². The summed E-state index contributed by atoms with van der Waals surface area (Å²) in [4.78, 5) is 0. The van der Waals surface area contributed by atoms with Crippen LogP contribution in [-0.4, -0.2) is 10.6 Å². The monoisotopic (exact) mass is 550 g/mol. The number of nitrogens with zero attached hydrogens (tertiary/aromatic N) is 1. The van der Waals surface area contributed by atoms with Crippen LogP contribution in [0.5, 0.6) is 0 Å². The zero-order valence-electron chi connectivity index (χ0n) is 24.0. The predicted octanol–water partition coefficient (Wildman–Crippen LogP) is 10.3. The molecule has 0 spiro atoms. The molecule has 1 heterocycles. The minimum atomic E-state index is -0.0543. The third kappa shape index (κ3) is 3.45. The number of fused-ring (bicyclic) bond motifs is 7. The molecule has 6 aromatic carbocycles. The lowest BCUT2D eigenvalue weighted by atomic mass is 9.87. The summed E-state index contributed by atoms with van der Waals surface area (Å²) in [6.45, 7) is 2.07. The molecule has 2 N–H and O–H groups in total. The van der Waals surface area contributed by atoms with Crippen molar-refractivity contribution in [2.75, 3.05) is 0 Å². The second-order valence-electron chi connectivity index (χ2n) is 11.8. The van der Waals surface area contributed by atoms with E-state index in [0.29, 0.717) is 0 Å². The Bertz CT molecular complexity index is 2270. The van der Waals surface area contributed by atoms with Gasteiger partial charge in [-0.25, -0.2) is 0 Å². The summed E-state index contributed by atoms with van der Waals surface area (Å²) >= 11 is 0. The second kappa shape index (κ2) is 9.16. The largest absolute Gasteiger partial charge is 0.324 e. The number of allylic oxidation sites excluding steroid dienone is 1. The van der Waals surface area contributed by atoms with Crippen LogP contribution in [0.1, 0.15) is 24.1 Å². The Hall–Kier alpha value is -5.18. The fourth-order valence-electron chi connectivity index (χ4n) is 7.59. The van der Waals surface area contributed by atoms with E-state index in [1.54, 1.807) is 0 Å². The summed E-state index contributed by atoms with van der Waals surface area (Å²) in [6.07, 6.45) is 8.71. The molecule has 2 unspecified atom stereocenters. The molecule has 7 aromatic rings. The van der Waals surface area contributed by atoms with E-state index in [9.17, 15) is 0 Å². The van der Waals surface area contributed by atoms with Gasteiger partial charge >= 0.3 is 0 Å². The van der Waals surface area contributed by atoms with E-state index < -0.39 is 0 Å². The van der Waals surface area contributed by atoms with Crippen molar-refractivity contribution in [2.24, 2.45) is 5.73 Å². The molecule has 2 atom stereocenters. The maximum atomic E-state index is 6.64. The third-order valence-electron chi connectivity index (χ3n) is 9.51. The van der Waals surface area contributed by atoms with E-state index in [-0.39, 0.29) is 12.0 Å². The SMILES string of the molecule is C/C=C\C1c2c(c3ccccc3n2-c2ccc(-c3ccc4c5c(cccc35)-c3cc5ccccc5cc3-4)cc2)C=CC1N. The highest BCUT2D eigenvalue weighted by Gasteiger charge is 2.29. The molecular weight excluding hydrogens is 520 g/mol. The van der Waals surface area contributed by atoms with Crippen molar-refractivity contribution in [2.45, 2.75) is 18.9 Å². The van der Waals surface area contributed by atoms with Crippen LogP contribution >= 0.6 is 0 Å². The Labute approximate surface area is 251 Å². The second-order valence-corrected chi connectivity index (χ2v) is 11.8. The molecule has 2 aliphatic carbocycles. The average Bonchev–Trinajstić information content (AvgIpc) is 3.55. The molecule has 0 fully saturated rings. The van der Waals surface area contributed by atoms with E-state index >= 15 is 0 Å². The first-order chi connectivity index (χ1) is 21.2. The first-order valence-corrected chi connectivity index (χ1v) is 15.1. The van der Waals surface area contributed by atoms with Crippen molar-refractivity contribution < 1.29 is 0 Å². The minimum absolute atomic E-state index is 0.0543. The summed E-state index contributed by atoms with van der Waals surface area (Å²) in [5.41, 5.74) is 19.3. The molecule has 0 bridgehead atoms. The number of benzene rings is 6. The smallest absolute Gasteiger partial charge is 0.0537 e. The maximum absolute atomic E-state index is 6.64. The first kappa shape index (κ1) is 24.4. The summed E-state index contributed by atoms with van der Waals surface area (Å²) in [7, 11) is 0. The standard InChI is InChI=1S/C41H30N2/c1-2-8-35-38(42)22-21-34-30-11-5-6-14-39(30)43(41(34)35)28-17-15-25(16-18-28)29-19-20-33-37-24-27-10-4-3-9-26(27)23-36(37)32-13-7-12-31(29)40(32)33/h2-24,35,38H,42H2,1H3/b8-2-. The molecule has 0 aliphatic heterocycles. The summed E-state index contributed by atoms with van der Waals surface area (Å²) in [6, 6.07) is 42.5. The fraction of sp³-hybridized carbons (Fsp3) is 0.0732. The summed E-state index contributed by atoms with van der Waals surface area (Å²) in [5.74, 6) is 0.117. The van der Waals surface area contributed by atoms with Crippen LogP contribution < -0.4 is 5.73 Å². The number of rotatable bonds is 3. The molecule has 2 nitrogen and oxygen atoms in total. The zero-order chi connectivity index (χ0) is 28.7. The molecule has 2 aliphatic rings. The molecule has 0 saturated heterocycles. The molecular formula is C41H30N2. The van der Waals surface area contributed by atoms with Crippen LogP contribution in [-0.2, 0) is 0 Å². The summed E-state index contributed by atoms with van der Waals surface area (Å²) in [5, 5.41) is 6.49. The average molecular weight is 551 g/mol. The summed E-state index contributed by atoms with van der Waals surface area (Å²) < 4.78 is 2.41. The molecule has 0 radical (unpaired) electrons. The number of hydrogen-bond acceptors (Lipinski definition) is 1. The quantitative estimate of drug-likeness (QED) is 0.218. The van der Waals surface area contributed by atoms with E-state index in [0.717, 1.165) is 5.69 Å². The maximum Gasteiger partial charge on any atom is 0.0537 e. The lowest BCUT2D eigenvalue weighted by molar-refractivity contribution is 0.681. The van der Waals surface area contributed by atoms with Crippen LogP contribution in [0.15, 0.2) is 133 Å². The Morgan fingerprint density at radius 2 is 1.33 bits per heavy atom. The van der Waals surface area contributed by atoms with Crippen molar-refractivity contribution in [1.82, 2.24) is 4.57 Å². The molecule has 2 heteroatoms. The van der Waals surface area contributed by atoms with Crippen LogP contribution in [0.25, 0.3) is 77.6 Å². The lowest BCUT2D eigenvalue weighted by Gasteiger charge is -2.25. The minimum Gasteiger partial charge on any atom is -0.324 e. The Morgan fingerprint density at radius 1 is 0.651 bits per heavy atom. The van der Waals surface area contributed by atoms with Crippen molar-refractivity contribution in [3.63, 3.8) is 0 Å². The molecule has 0 saturated carbocycles. The molecule has 9 rings (SSSR count). The van der Waals surface area contributed by atoms with Crippen molar-refractivity contribution in [1.29, 1.82) is 0 Å². The predicted molar refractivity (Wildman–Crippen MR) is 183 cm³/mol. The van der Waals surface area contributed by atoms with Gasteiger partial charge < -0.3 is 10.3 Å². The van der Waals surface area contributed by atoms with E-state index in [2.05, 4.69) is 151 Å². The van der Waals surface area contributed by atoms with Gasteiger partial charge in [0.25, 0.3) is 0 Å². The highest BCUT2D eigenvalue weighted by atomic mass is 15.0.